The lowest BCUT2D eigenvalue weighted by Gasteiger charge is -2.48. The highest BCUT2D eigenvalue weighted by molar-refractivity contribution is 5.83. The van der Waals surface area contributed by atoms with Gasteiger partial charge in [-0.25, -0.2) is 9.59 Å². The van der Waals surface area contributed by atoms with E-state index in [9.17, 15) is 14.7 Å². The Kier molecular flexibility index (Phi) is 4.09. The number of carboxylic acids is 1. The second kappa shape index (κ2) is 5.85. The minimum absolute atomic E-state index is 0.131. The van der Waals surface area contributed by atoms with Crippen molar-refractivity contribution in [2.24, 2.45) is 11.8 Å². The SMILES string of the molecule is CC1CC(NC(=O)N2C(C(=O)O)CCC3CCCCC32)C1. The molecule has 21 heavy (non-hydrogen) atoms. The van der Waals surface area contributed by atoms with Gasteiger partial charge < -0.3 is 15.3 Å². The van der Waals surface area contributed by atoms with E-state index in [0.29, 0.717) is 18.3 Å². The summed E-state index contributed by atoms with van der Waals surface area (Å²) in [6, 6.07) is -0.408. The van der Waals surface area contributed by atoms with E-state index in [1.165, 1.54) is 6.42 Å². The van der Waals surface area contributed by atoms with E-state index in [-0.39, 0.29) is 18.1 Å². The van der Waals surface area contributed by atoms with E-state index in [4.69, 9.17) is 0 Å². The monoisotopic (exact) mass is 294 g/mol. The first-order chi connectivity index (χ1) is 10.1. The number of nitrogens with one attached hydrogen (secondary N) is 1. The standard InChI is InChI=1S/C16H26N2O3/c1-10-8-12(9-10)17-16(21)18-13-5-3-2-4-11(13)6-7-14(18)15(19)20/h10-14H,2-9H2,1H3,(H,17,21)(H,19,20). The van der Waals surface area contributed by atoms with Crippen LogP contribution in [0.4, 0.5) is 4.79 Å². The Labute approximate surface area is 126 Å². The number of amides is 2. The fourth-order valence-corrected chi connectivity index (χ4v) is 4.44. The quantitative estimate of drug-likeness (QED) is 0.822. The van der Waals surface area contributed by atoms with E-state index in [2.05, 4.69) is 12.2 Å². The lowest BCUT2D eigenvalue weighted by molar-refractivity contribution is -0.145. The van der Waals surface area contributed by atoms with Crippen LogP contribution in [0.1, 0.15) is 58.3 Å². The molecule has 0 aromatic rings. The van der Waals surface area contributed by atoms with Gasteiger partial charge in [-0.1, -0.05) is 19.8 Å². The van der Waals surface area contributed by atoms with Crippen LogP contribution in [0.2, 0.25) is 0 Å². The van der Waals surface area contributed by atoms with Gasteiger partial charge >= 0.3 is 12.0 Å². The van der Waals surface area contributed by atoms with Crippen LogP contribution in [0.3, 0.4) is 0 Å². The maximum Gasteiger partial charge on any atom is 0.326 e. The number of hydrogen-bond donors (Lipinski definition) is 2. The second-order valence-corrected chi connectivity index (χ2v) is 7.17. The van der Waals surface area contributed by atoms with E-state index in [0.717, 1.165) is 38.5 Å². The Hall–Kier alpha value is -1.26. The highest BCUT2D eigenvalue weighted by Crippen LogP contribution is 2.38. The first kappa shape index (κ1) is 14.7. The van der Waals surface area contributed by atoms with E-state index in [1.807, 2.05) is 0 Å². The molecule has 3 rings (SSSR count). The van der Waals surface area contributed by atoms with Gasteiger partial charge in [0, 0.05) is 12.1 Å². The Morgan fingerprint density at radius 1 is 1.10 bits per heavy atom. The number of nitrogens with zero attached hydrogens (tertiary/aromatic N) is 1. The molecular formula is C16H26N2O3. The Bertz CT molecular complexity index is 420. The number of carbonyl (C=O) groups is 2. The van der Waals surface area contributed by atoms with Crippen LogP contribution in [-0.2, 0) is 4.79 Å². The lowest BCUT2D eigenvalue weighted by atomic mass is 9.76. The van der Waals surface area contributed by atoms with Crippen molar-refractivity contribution in [1.82, 2.24) is 10.2 Å². The van der Waals surface area contributed by atoms with Crippen molar-refractivity contribution in [1.29, 1.82) is 0 Å². The van der Waals surface area contributed by atoms with Crippen molar-refractivity contribution in [3.63, 3.8) is 0 Å². The molecule has 2 N–H and O–H groups in total. The summed E-state index contributed by atoms with van der Waals surface area (Å²) >= 11 is 0. The number of hydrogen-bond acceptors (Lipinski definition) is 2. The van der Waals surface area contributed by atoms with Crippen molar-refractivity contribution in [3.8, 4) is 0 Å². The van der Waals surface area contributed by atoms with Gasteiger partial charge in [0.1, 0.15) is 6.04 Å². The molecule has 0 aromatic heterocycles. The molecule has 3 unspecified atom stereocenters. The molecule has 0 spiro atoms. The smallest absolute Gasteiger partial charge is 0.326 e. The van der Waals surface area contributed by atoms with Gasteiger partial charge in [-0.3, -0.25) is 0 Å². The summed E-state index contributed by atoms with van der Waals surface area (Å²) in [5.41, 5.74) is 0. The Morgan fingerprint density at radius 3 is 2.48 bits per heavy atom. The normalized spacial score (nSPS) is 39.1. The summed E-state index contributed by atoms with van der Waals surface area (Å²) in [5.74, 6) is 0.325. The van der Waals surface area contributed by atoms with Gasteiger partial charge in [-0.15, -0.1) is 0 Å². The third-order valence-corrected chi connectivity index (χ3v) is 5.59. The maximum absolute atomic E-state index is 12.6. The molecule has 2 amide bonds. The lowest BCUT2D eigenvalue weighted by Crippen LogP contribution is -2.61. The number of carbonyl (C=O) groups excluding carboxylic acids is 1. The van der Waals surface area contributed by atoms with Crippen molar-refractivity contribution < 1.29 is 14.7 Å². The zero-order valence-corrected chi connectivity index (χ0v) is 12.8. The predicted molar refractivity (Wildman–Crippen MR) is 79.0 cm³/mol. The van der Waals surface area contributed by atoms with E-state index < -0.39 is 12.0 Å². The molecule has 0 aromatic carbocycles. The van der Waals surface area contributed by atoms with Gasteiger partial charge in [0.15, 0.2) is 0 Å². The molecule has 1 heterocycles. The number of urea groups is 1. The molecule has 1 aliphatic heterocycles. The molecule has 3 aliphatic rings. The minimum atomic E-state index is -0.851. The number of carboxylic acid groups (broad SMARTS) is 1. The summed E-state index contributed by atoms with van der Waals surface area (Å²) in [7, 11) is 0. The van der Waals surface area contributed by atoms with Crippen LogP contribution in [0.5, 0.6) is 0 Å². The largest absolute Gasteiger partial charge is 0.480 e. The molecule has 2 aliphatic carbocycles. The van der Waals surface area contributed by atoms with Crippen LogP contribution >= 0.6 is 0 Å². The van der Waals surface area contributed by atoms with E-state index >= 15 is 0 Å². The van der Waals surface area contributed by atoms with Crippen LogP contribution in [0.25, 0.3) is 0 Å². The highest BCUT2D eigenvalue weighted by Gasteiger charge is 2.44. The summed E-state index contributed by atoms with van der Waals surface area (Å²) in [5, 5.41) is 12.5. The Balaban J connectivity index is 1.72. The zero-order chi connectivity index (χ0) is 15.0. The number of rotatable bonds is 2. The topological polar surface area (TPSA) is 69.6 Å². The third-order valence-electron chi connectivity index (χ3n) is 5.59. The summed E-state index contributed by atoms with van der Waals surface area (Å²) in [6.07, 6.45) is 8.02. The molecule has 3 fully saturated rings. The fourth-order valence-electron chi connectivity index (χ4n) is 4.44. The summed E-state index contributed by atoms with van der Waals surface area (Å²) in [6.45, 7) is 2.18. The van der Waals surface area contributed by atoms with Crippen molar-refractivity contribution >= 4 is 12.0 Å². The molecule has 0 bridgehead atoms. The zero-order valence-electron chi connectivity index (χ0n) is 12.8. The van der Waals surface area contributed by atoms with Gasteiger partial charge in [0.25, 0.3) is 0 Å². The predicted octanol–water partition coefficient (Wildman–Crippen LogP) is 2.60. The summed E-state index contributed by atoms with van der Waals surface area (Å²) in [4.78, 5) is 25.9. The maximum atomic E-state index is 12.6. The average molecular weight is 294 g/mol. The van der Waals surface area contributed by atoms with E-state index in [1.54, 1.807) is 4.90 Å². The highest BCUT2D eigenvalue weighted by atomic mass is 16.4. The minimum Gasteiger partial charge on any atom is -0.480 e. The third kappa shape index (κ3) is 2.87. The van der Waals surface area contributed by atoms with Crippen LogP contribution < -0.4 is 5.32 Å². The van der Waals surface area contributed by atoms with Crippen LogP contribution in [0.15, 0.2) is 0 Å². The van der Waals surface area contributed by atoms with Crippen molar-refractivity contribution in [2.45, 2.75) is 76.4 Å². The average Bonchev–Trinajstić information content (AvgIpc) is 2.44. The molecule has 1 saturated heterocycles. The number of likely N-dealkylation sites (tertiary alicyclic amines) is 1. The number of aliphatic carboxylic acids is 1. The Morgan fingerprint density at radius 2 is 1.81 bits per heavy atom. The molecule has 5 nitrogen and oxygen atoms in total. The first-order valence-electron chi connectivity index (χ1n) is 8.38. The van der Waals surface area contributed by atoms with Crippen molar-refractivity contribution in [3.05, 3.63) is 0 Å². The number of piperidine rings is 1. The van der Waals surface area contributed by atoms with Crippen LogP contribution in [0, 0.1) is 11.8 Å². The number of fused-ring (bicyclic) bond motifs is 1. The molecule has 5 heteroatoms. The summed E-state index contributed by atoms with van der Waals surface area (Å²) < 4.78 is 0. The van der Waals surface area contributed by atoms with Gasteiger partial charge in [-0.05, 0) is 50.4 Å². The molecule has 3 atom stereocenters. The second-order valence-electron chi connectivity index (χ2n) is 7.17. The van der Waals surface area contributed by atoms with Gasteiger partial charge in [-0.2, -0.15) is 0 Å². The molecule has 0 radical (unpaired) electrons. The molecular weight excluding hydrogens is 268 g/mol. The van der Waals surface area contributed by atoms with Crippen LogP contribution in [-0.4, -0.2) is 40.1 Å². The fraction of sp³-hybridized carbons (Fsp3) is 0.875. The molecule has 118 valence electrons. The molecule has 2 saturated carbocycles. The van der Waals surface area contributed by atoms with Crippen molar-refractivity contribution in [2.75, 3.05) is 0 Å². The first-order valence-corrected chi connectivity index (χ1v) is 8.38. The van der Waals surface area contributed by atoms with Gasteiger partial charge in [0.05, 0.1) is 0 Å². The van der Waals surface area contributed by atoms with Gasteiger partial charge in [0.2, 0.25) is 0 Å².